The van der Waals surface area contributed by atoms with Crippen molar-refractivity contribution in [2.24, 2.45) is 0 Å². The van der Waals surface area contributed by atoms with Gasteiger partial charge in [0.1, 0.15) is 5.75 Å². The molecule has 0 fully saturated rings. The molecule has 16 heavy (non-hydrogen) atoms. The molecule has 4 nitrogen and oxygen atoms in total. The van der Waals surface area contributed by atoms with Crippen LogP contribution in [0.15, 0.2) is 18.2 Å². The number of carbonyl (C=O) groups is 1. The summed E-state index contributed by atoms with van der Waals surface area (Å²) in [7, 11) is 0. The summed E-state index contributed by atoms with van der Waals surface area (Å²) in [6, 6.07) is 7.51. The van der Waals surface area contributed by atoms with Gasteiger partial charge in [0.05, 0.1) is 12.5 Å². The van der Waals surface area contributed by atoms with Crippen LogP contribution in [-0.2, 0) is 0 Å². The Bertz CT molecular complexity index is 401. The van der Waals surface area contributed by atoms with Crippen LogP contribution in [0.1, 0.15) is 17.5 Å². The van der Waals surface area contributed by atoms with Crippen molar-refractivity contribution in [2.45, 2.75) is 20.3 Å². The van der Waals surface area contributed by atoms with Crippen LogP contribution in [0.4, 0.5) is 4.79 Å². The highest BCUT2D eigenvalue weighted by Gasteiger charge is 2.04. The first kappa shape index (κ1) is 12.1. The molecule has 0 atom stereocenters. The Morgan fingerprint density at radius 2 is 2.00 bits per heavy atom. The minimum Gasteiger partial charge on any atom is -0.410 e. The molecule has 0 spiro atoms. The number of nitrogens with zero attached hydrogens (tertiary/aromatic N) is 1. The normalized spacial score (nSPS) is 9.31. The minimum atomic E-state index is -0.528. The summed E-state index contributed by atoms with van der Waals surface area (Å²) in [6.07, 6.45) is -0.248. The highest BCUT2D eigenvalue weighted by atomic mass is 16.6. The maximum atomic E-state index is 11.3. The van der Waals surface area contributed by atoms with Gasteiger partial charge in [0.2, 0.25) is 0 Å². The topological polar surface area (TPSA) is 62.1 Å². The van der Waals surface area contributed by atoms with Crippen LogP contribution in [0, 0.1) is 25.2 Å². The molecular formula is C12H14N2O2. The molecule has 1 aromatic carbocycles. The van der Waals surface area contributed by atoms with Crippen LogP contribution >= 0.6 is 0 Å². The van der Waals surface area contributed by atoms with Crippen LogP contribution in [0.5, 0.6) is 5.75 Å². The van der Waals surface area contributed by atoms with E-state index in [-0.39, 0.29) is 6.42 Å². The van der Waals surface area contributed by atoms with Crippen LogP contribution in [0.25, 0.3) is 0 Å². The van der Waals surface area contributed by atoms with E-state index in [2.05, 4.69) is 5.32 Å². The van der Waals surface area contributed by atoms with Crippen molar-refractivity contribution in [1.29, 1.82) is 5.26 Å². The smallest absolute Gasteiger partial charge is 0.410 e. The molecule has 1 amide bonds. The number of nitriles is 1. The number of rotatable bonds is 3. The van der Waals surface area contributed by atoms with Gasteiger partial charge in [-0.3, -0.25) is 0 Å². The van der Waals surface area contributed by atoms with Crippen LogP contribution in [-0.4, -0.2) is 12.6 Å². The zero-order valence-electron chi connectivity index (χ0n) is 9.41. The van der Waals surface area contributed by atoms with Gasteiger partial charge in [0, 0.05) is 6.54 Å². The largest absolute Gasteiger partial charge is 0.412 e. The van der Waals surface area contributed by atoms with Gasteiger partial charge >= 0.3 is 6.09 Å². The summed E-state index contributed by atoms with van der Waals surface area (Å²) in [6.45, 7) is 4.18. The van der Waals surface area contributed by atoms with Gasteiger partial charge in [0.15, 0.2) is 0 Å². The molecule has 1 rings (SSSR count). The van der Waals surface area contributed by atoms with Gasteiger partial charge in [-0.05, 0) is 37.1 Å². The molecule has 0 saturated heterocycles. The van der Waals surface area contributed by atoms with Gasteiger partial charge in [-0.15, -0.1) is 0 Å². The molecule has 0 aromatic heterocycles. The fourth-order valence-electron chi connectivity index (χ4n) is 1.36. The molecule has 1 N–H and O–H groups in total. The molecule has 0 radical (unpaired) electrons. The van der Waals surface area contributed by atoms with Crippen LogP contribution < -0.4 is 10.1 Å². The molecule has 0 saturated carbocycles. The third-order valence-electron chi connectivity index (χ3n) is 1.91. The summed E-state index contributed by atoms with van der Waals surface area (Å²) < 4.78 is 5.06. The van der Waals surface area contributed by atoms with Crippen molar-refractivity contribution >= 4 is 6.09 Å². The van der Waals surface area contributed by atoms with Gasteiger partial charge < -0.3 is 10.1 Å². The number of carbonyl (C=O) groups excluding carboxylic acids is 1. The molecule has 0 aliphatic heterocycles. The number of benzene rings is 1. The molecule has 0 aliphatic carbocycles. The number of aryl methyl sites for hydroxylation is 2. The summed E-state index contributed by atoms with van der Waals surface area (Å²) in [5.41, 5.74) is 2.08. The van der Waals surface area contributed by atoms with E-state index in [0.29, 0.717) is 12.3 Å². The Hall–Kier alpha value is -2.02. The first-order valence-electron chi connectivity index (χ1n) is 5.03. The molecule has 84 valence electrons. The second kappa shape index (κ2) is 5.76. The number of hydrogen-bond donors (Lipinski definition) is 1. The van der Waals surface area contributed by atoms with E-state index in [0.717, 1.165) is 11.1 Å². The zero-order valence-corrected chi connectivity index (χ0v) is 9.41. The van der Waals surface area contributed by atoms with Crippen molar-refractivity contribution in [3.05, 3.63) is 29.3 Å². The summed E-state index contributed by atoms with van der Waals surface area (Å²) >= 11 is 0. The Balaban J connectivity index is 2.53. The summed E-state index contributed by atoms with van der Waals surface area (Å²) in [5, 5.41) is 10.8. The minimum absolute atomic E-state index is 0.280. The highest BCUT2D eigenvalue weighted by molar-refractivity contribution is 5.70. The van der Waals surface area contributed by atoms with E-state index in [1.54, 1.807) is 12.1 Å². The average Bonchev–Trinajstić information content (AvgIpc) is 2.16. The van der Waals surface area contributed by atoms with Crippen molar-refractivity contribution < 1.29 is 9.53 Å². The van der Waals surface area contributed by atoms with Gasteiger partial charge in [-0.1, -0.05) is 6.07 Å². The van der Waals surface area contributed by atoms with Crippen LogP contribution in [0.2, 0.25) is 0 Å². The van der Waals surface area contributed by atoms with E-state index in [1.807, 2.05) is 26.0 Å². The Morgan fingerprint density at radius 3 is 2.56 bits per heavy atom. The number of hydrogen-bond acceptors (Lipinski definition) is 3. The predicted octanol–water partition coefficient (Wildman–Crippen LogP) is 2.31. The van der Waals surface area contributed by atoms with E-state index in [4.69, 9.17) is 10.00 Å². The number of amides is 1. The second-order valence-electron chi connectivity index (χ2n) is 3.55. The molecule has 1 aromatic rings. The Labute approximate surface area is 94.8 Å². The first-order valence-corrected chi connectivity index (χ1v) is 5.03. The SMILES string of the molecule is Cc1cc(C)cc(OC(=O)NCCC#N)c1. The quantitative estimate of drug-likeness (QED) is 0.792. The van der Waals surface area contributed by atoms with E-state index >= 15 is 0 Å². The molecule has 0 heterocycles. The lowest BCUT2D eigenvalue weighted by molar-refractivity contribution is 0.200. The van der Waals surface area contributed by atoms with Crippen molar-refractivity contribution in [1.82, 2.24) is 5.32 Å². The molecular weight excluding hydrogens is 204 g/mol. The first-order chi connectivity index (χ1) is 7.61. The monoisotopic (exact) mass is 218 g/mol. The number of ether oxygens (including phenoxy) is 1. The fraction of sp³-hybridized carbons (Fsp3) is 0.333. The van der Waals surface area contributed by atoms with Crippen molar-refractivity contribution in [3.8, 4) is 11.8 Å². The molecule has 0 bridgehead atoms. The molecule has 4 heteroatoms. The second-order valence-corrected chi connectivity index (χ2v) is 3.55. The number of nitrogens with one attached hydrogen (secondary N) is 1. The highest BCUT2D eigenvalue weighted by Crippen LogP contribution is 2.16. The van der Waals surface area contributed by atoms with E-state index in [1.165, 1.54) is 0 Å². The lowest BCUT2D eigenvalue weighted by atomic mass is 10.1. The third-order valence-corrected chi connectivity index (χ3v) is 1.91. The Morgan fingerprint density at radius 1 is 1.38 bits per heavy atom. The zero-order chi connectivity index (χ0) is 12.0. The summed E-state index contributed by atoms with van der Waals surface area (Å²) in [5.74, 6) is 0.520. The maximum absolute atomic E-state index is 11.3. The average molecular weight is 218 g/mol. The van der Waals surface area contributed by atoms with Crippen molar-refractivity contribution in [2.75, 3.05) is 6.54 Å². The van der Waals surface area contributed by atoms with Crippen LogP contribution in [0.3, 0.4) is 0 Å². The predicted molar refractivity (Wildman–Crippen MR) is 60.2 cm³/mol. The summed E-state index contributed by atoms with van der Waals surface area (Å²) in [4.78, 5) is 11.3. The van der Waals surface area contributed by atoms with Gasteiger partial charge in [-0.2, -0.15) is 5.26 Å². The maximum Gasteiger partial charge on any atom is 0.412 e. The van der Waals surface area contributed by atoms with E-state index in [9.17, 15) is 4.79 Å². The fourth-order valence-corrected chi connectivity index (χ4v) is 1.36. The lowest BCUT2D eigenvalue weighted by Gasteiger charge is -2.06. The van der Waals surface area contributed by atoms with E-state index < -0.39 is 6.09 Å². The standard InChI is InChI=1S/C12H14N2O2/c1-9-6-10(2)8-11(7-9)16-12(15)14-5-3-4-13/h6-8H,3,5H2,1-2H3,(H,14,15). The molecule has 0 unspecified atom stereocenters. The third kappa shape index (κ3) is 4.01. The van der Waals surface area contributed by atoms with Gasteiger partial charge in [0.25, 0.3) is 0 Å². The Kier molecular flexibility index (Phi) is 4.34. The molecule has 0 aliphatic rings. The van der Waals surface area contributed by atoms with Crippen molar-refractivity contribution in [3.63, 3.8) is 0 Å². The lowest BCUT2D eigenvalue weighted by Crippen LogP contribution is -2.27. The van der Waals surface area contributed by atoms with Gasteiger partial charge in [-0.25, -0.2) is 4.79 Å².